The molecule has 2 N–H and O–H groups in total. The summed E-state index contributed by atoms with van der Waals surface area (Å²) in [6, 6.07) is 5.87. The Labute approximate surface area is 136 Å². The van der Waals surface area contributed by atoms with Crippen molar-refractivity contribution >= 4 is 12.4 Å². The molecule has 0 spiro atoms. The molecule has 22 heavy (non-hydrogen) atoms. The highest BCUT2D eigenvalue weighted by molar-refractivity contribution is 5.85. The average molecular weight is 337 g/mol. The number of piperidine rings is 1. The van der Waals surface area contributed by atoms with E-state index >= 15 is 0 Å². The van der Waals surface area contributed by atoms with Crippen LogP contribution in [0.25, 0.3) is 0 Å². The summed E-state index contributed by atoms with van der Waals surface area (Å²) >= 11 is 0. The van der Waals surface area contributed by atoms with E-state index in [4.69, 9.17) is 5.73 Å². The van der Waals surface area contributed by atoms with Crippen LogP contribution in [0.2, 0.25) is 0 Å². The van der Waals surface area contributed by atoms with Gasteiger partial charge in [0.25, 0.3) is 0 Å². The van der Waals surface area contributed by atoms with Crippen molar-refractivity contribution < 1.29 is 13.2 Å². The lowest BCUT2D eigenvalue weighted by Gasteiger charge is -2.37. The molecule has 1 aromatic carbocycles. The van der Waals surface area contributed by atoms with Gasteiger partial charge in [0.05, 0.1) is 5.56 Å². The molecular formula is C16H24ClF3N2. The molecule has 0 saturated carbocycles. The van der Waals surface area contributed by atoms with E-state index in [0.29, 0.717) is 5.92 Å². The Bertz CT molecular complexity index is 451. The van der Waals surface area contributed by atoms with Gasteiger partial charge in [-0.3, -0.25) is 4.90 Å². The van der Waals surface area contributed by atoms with Crippen molar-refractivity contribution in [2.45, 2.75) is 44.9 Å². The zero-order valence-corrected chi connectivity index (χ0v) is 13.8. The molecule has 2 atom stereocenters. The van der Waals surface area contributed by atoms with E-state index in [0.717, 1.165) is 31.5 Å². The maximum Gasteiger partial charge on any atom is 0.416 e. The third kappa shape index (κ3) is 4.61. The number of rotatable bonds is 3. The van der Waals surface area contributed by atoms with Crippen LogP contribution < -0.4 is 5.73 Å². The average Bonchev–Trinajstić information content (AvgIpc) is 2.46. The minimum absolute atomic E-state index is 0. The van der Waals surface area contributed by atoms with Gasteiger partial charge in [0.15, 0.2) is 0 Å². The number of halogens is 4. The minimum Gasteiger partial charge on any atom is -0.328 e. The zero-order valence-electron chi connectivity index (χ0n) is 12.9. The molecular weight excluding hydrogens is 313 g/mol. The van der Waals surface area contributed by atoms with E-state index in [1.807, 2.05) is 6.92 Å². The molecule has 0 radical (unpaired) electrons. The fraction of sp³-hybridized carbons (Fsp3) is 0.625. The first kappa shape index (κ1) is 19.3. The molecule has 2 nitrogen and oxygen atoms in total. The van der Waals surface area contributed by atoms with Crippen LogP contribution in [0.5, 0.6) is 0 Å². The van der Waals surface area contributed by atoms with Gasteiger partial charge in [-0.15, -0.1) is 12.4 Å². The van der Waals surface area contributed by atoms with Crippen molar-refractivity contribution in [3.63, 3.8) is 0 Å². The van der Waals surface area contributed by atoms with E-state index in [1.165, 1.54) is 12.1 Å². The lowest BCUT2D eigenvalue weighted by molar-refractivity contribution is -0.137. The van der Waals surface area contributed by atoms with Gasteiger partial charge in [-0.05, 0) is 63.4 Å². The van der Waals surface area contributed by atoms with Crippen LogP contribution in [0.1, 0.15) is 43.9 Å². The number of hydrogen-bond donors (Lipinski definition) is 1. The Morgan fingerprint density at radius 3 is 2.00 bits per heavy atom. The Morgan fingerprint density at radius 1 is 1.09 bits per heavy atom. The highest BCUT2D eigenvalue weighted by Gasteiger charge is 2.30. The summed E-state index contributed by atoms with van der Waals surface area (Å²) in [5, 5.41) is 0. The highest BCUT2D eigenvalue weighted by Crippen LogP contribution is 2.32. The largest absolute Gasteiger partial charge is 0.416 e. The highest BCUT2D eigenvalue weighted by atomic mass is 35.5. The third-order valence-corrected chi connectivity index (χ3v) is 4.59. The van der Waals surface area contributed by atoms with Crippen LogP contribution in [-0.2, 0) is 6.18 Å². The number of benzene rings is 1. The van der Waals surface area contributed by atoms with Crippen molar-refractivity contribution in [3.8, 4) is 0 Å². The third-order valence-electron chi connectivity index (χ3n) is 4.59. The van der Waals surface area contributed by atoms with Crippen LogP contribution in [0, 0.1) is 5.92 Å². The Hall–Kier alpha value is -0.780. The van der Waals surface area contributed by atoms with Gasteiger partial charge in [-0.2, -0.15) is 13.2 Å². The molecule has 1 aliphatic rings. The molecule has 126 valence electrons. The summed E-state index contributed by atoms with van der Waals surface area (Å²) in [5.74, 6) is 0.557. The molecule has 0 aromatic heterocycles. The number of nitrogens with zero attached hydrogens (tertiary/aromatic N) is 1. The molecule has 1 aliphatic heterocycles. The van der Waals surface area contributed by atoms with E-state index in [-0.39, 0.29) is 24.5 Å². The number of likely N-dealkylation sites (tertiary alicyclic amines) is 1. The second-order valence-corrected chi connectivity index (χ2v) is 6.03. The minimum atomic E-state index is -4.27. The van der Waals surface area contributed by atoms with Crippen LogP contribution in [0.15, 0.2) is 24.3 Å². The summed E-state index contributed by atoms with van der Waals surface area (Å²) in [6.45, 7) is 6.00. The quantitative estimate of drug-likeness (QED) is 0.894. The molecule has 1 saturated heterocycles. The van der Waals surface area contributed by atoms with Crippen molar-refractivity contribution in [2.24, 2.45) is 11.7 Å². The topological polar surface area (TPSA) is 29.3 Å². The first-order valence-electron chi connectivity index (χ1n) is 7.46. The lowest BCUT2D eigenvalue weighted by atomic mass is 9.89. The maximum atomic E-state index is 12.6. The summed E-state index contributed by atoms with van der Waals surface area (Å²) in [7, 11) is 0. The van der Waals surface area contributed by atoms with Gasteiger partial charge >= 0.3 is 6.18 Å². The van der Waals surface area contributed by atoms with Gasteiger partial charge < -0.3 is 5.73 Å². The van der Waals surface area contributed by atoms with E-state index in [2.05, 4.69) is 11.8 Å². The smallest absolute Gasteiger partial charge is 0.328 e. The lowest BCUT2D eigenvalue weighted by Crippen LogP contribution is -2.40. The second kappa shape index (κ2) is 7.66. The molecule has 0 aliphatic carbocycles. The molecule has 6 heteroatoms. The maximum absolute atomic E-state index is 12.6. The van der Waals surface area contributed by atoms with Gasteiger partial charge in [0, 0.05) is 12.1 Å². The predicted molar refractivity (Wildman–Crippen MR) is 85.1 cm³/mol. The van der Waals surface area contributed by atoms with Crippen LogP contribution in [-0.4, -0.2) is 24.0 Å². The number of alkyl halides is 3. The first-order valence-corrected chi connectivity index (χ1v) is 7.46. The molecule has 1 heterocycles. The standard InChI is InChI=1S/C16H23F3N2.ClH/c1-11(20)13-7-9-21(10-8-13)12(2)14-3-5-15(6-4-14)16(17,18)19;/h3-6,11-13H,7-10,20H2,1-2H3;1H. The molecule has 1 aromatic rings. The van der Waals surface area contributed by atoms with Gasteiger partial charge in [0.2, 0.25) is 0 Å². The Morgan fingerprint density at radius 2 is 1.59 bits per heavy atom. The fourth-order valence-electron chi connectivity index (χ4n) is 2.99. The molecule has 2 unspecified atom stereocenters. The molecule has 0 bridgehead atoms. The summed E-state index contributed by atoms with van der Waals surface area (Å²) in [6.07, 6.45) is -2.15. The number of hydrogen-bond acceptors (Lipinski definition) is 2. The predicted octanol–water partition coefficient (Wildman–Crippen LogP) is 4.25. The van der Waals surface area contributed by atoms with Crippen molar-refractivity contribution in [3.05, 3.63) is 35.4 Å². The first-order chi connectivity index (χ1) is 9.79. The van der Waals surface area contributed by atoms with Gasteiger partial charge in [-0.25, -0.2) is 0 Å². The second-order valence-electron chi connectivity index (χ2n) is 6.03. The Kier molecular flexibility index (Phi) is 6.71. The number of nitrogens with two attached hydrogens (primary N) is 1. The summed E-state index contributed by atoms with van der Waals surface area (Å²) in [5.41, 5.74) is 6.28. The van der Waals surface area contributed by atoms with Gasteiger partial charge in [0.1, 0.15) is 0 Å². The zero-order chi connectivity index (χ0) is 15.6. The Balaban J connectivity index is 0.00000242. The molecule has 2 rings (SSSR count). The summed E-state index contributed by atoms with van der Waals surface area (Å²) in [4.78, 5) is 2.32. The van der Waals surface area contributed by atoms with Crippen molar-refractivity contribution in [1.29, 1.82) is 0 Å². The van der Waals surface area contributed by atoms with E-state index < -0.39 is 11.7 Å². The van der Waals surface area contributed by atoms with E-state index in [1.54, 1.807) is 12.1 Å². The van der Waals surface area contributed by atoms with Crippen molar-refractivity contribution in [2.75, 3.05) is 13.1 Å². The van der Waals surface area contributed by atoms with Gasteiger partial charge in [-0.1, -0.05) is 12.1 Å². The normalized spacial score (nSPS) is 20.3. The van der Waals surface area contributed by atoms with Crippen molar-refractivity contribution in [1.82, 2.24) is 4.90 Å². The molecule has 1 fully saturated rings. The monoisotopic (exact) mass is 336 g/mol. The van der Waals surface area contributed by atoms with E-state index in [9.17, 15) is 13.2 Å². The fourth-order valence-corrected chi connectivity index (χ4v) is 2.99. The van der Waals surface area contributed by atoms with Crippen LogP contribution >= 0.6 is 12.4 Å². The van der Waals surface area contributed by atoms with Crippen LogP contribution in [0.4, 0.5) is 13.2 Å². The van der Waals surface area contributed by atoms with Crippen LogP contribution in [0.3, 0.4) is 0 Å². The molecule has 0 amide bonds. The SMILES string of the molecule is CC(N)C1CCN(C(C)c2ccc(C(F)(F)F)cc2)CC1.Cl. The summed E-state index contributed by atoms with van der Waals surface area (Å²) < 4.78 is 37.7.